The standard InChI is InChI=1S/C7H14FNO/c8-6-1-2-7(5-10)9-4-3-6/h6-7,9-10H,1-5H2. The van der Waals surface area contributed by atoms with Gasteiger partial charge >= 0.3 is 0 Å². The Morgan fingerprint density at radius 3 is 2.90 bits per heavy atom. The lowest BCUT2D eigenvalue weighted by Gasteiger charge is -2.10. The smallest absolute Gasteiger partial charge is 0.101 e. The Kier molecular flexibility index (Phi) is 3.09. The van der Waals surface area contributed by atoms with Crippen molar-refractivity contribution < 1.29 is 9.50 Å². The first-order valence-electron chi connectivity index (χ1n) is 3.81. The van der Waals surface area contributed by atoms with Gasteiger partial charge in [-0.3, -0.25) is 0 Å². The minimum Gasteiger partial charge on any atom is -0.395 e. The Labute approximate surface area is 60.4 Å². The van der Waals surface area contributed by atoms with Crippen molar-refractivity contribution in [3.63, 3.8) is 0 Å². The van der Waals surface area contributed by atoms with Crippen LogP contribution in [0.3, 0.4) is 0 Å². The third-order valence-electron chi connectivity index (χ3n) is 1.94. The van der Waals surface area contributed by atoms with E-state index in [1.165, 1.54) is 0 Å². The lowest BCUT2D eigenvalue weighted by atomic mass is 10.1. The van der Waals surface area contributed by atoms with Gasteiger partial charge in [0.2, 0.25) is 0 Å². The molecule has 0 radical (unpaired) electrons. The number of halogens is 1. The first-order valence-corrected chi connectivity index (χ1v) is 3.81. The van der Waals surface area contributed by atoms with Gasteiger partial charge in [0.05, 0.1) is 6.61 Å². The Morgan fingerprint density at radius 1 is 1.40 bits per heavy atom. The van der Waals surface area contributed by atoms with Crippen molar-refractivity contribution in [3.8, 4) is 0 Å². The highest BCUT2D eigenvalue weighted by Crippen LogP contribution is 2.11. The molecule has 0 spiro atoms. The lowest BCUT2D eigenvalue weighted by molar-refractivity contribution is 0.236. The molecule has 0 saturated carbocycles. The van der Waals surface area contributed by atoms with Crippen molar-refractivity contribution in [3.05, 3.63) is 0 Å². The van der Waals surface area contributed by atoms with Gasteiger partial charge in [-0.1, -0.05) is 0 Å². The Bertz CT molecular complexity index is 99.6. The van der Waals surface area contributed by atoms with Crippen LogP contribution in [0.4, 0.5) is 4.39 Å². The molecule has 2 N–H and O–H groups in total. The van der Waals surface area contributed by atoms with E-state index in [2.05, 4.69) is 5.32 Å². The monoisotopic (exact) mass is 147 g/mol. The van der Waals surface area contributed by atoms with Gasteiger partial charge in [-0.2, -0.15) is 0 Å². The summed E-state index contributed by atoms with van der Waals surface area (Å²) < 4.78 is 12.6. The van der Waals surface area contributed by atoms with Crippen molar-refractivity contribution >= 4 is 0 Å². The zero-order chi connectivity index (χ0) is 7.40. The zero-order valence-corrected chi connectivity index (χ0v) is 6.02. The maximum Gasteiger partial charge on any atom is 0.101 e. The van der Waals surface area contributed by atoms with Crippen molar-refractivity contribution in [1.82, 2.24) is 5.32 Å². The first-order chi connectivity index (χ1) is 4.83. The molecule has 2 nitrogen and oxygen atoms in total. The fraction of sp³-hybridized carbons (Fsp3) is 1.00. The van der Waals surface area contributed by atoms with Crippen LogP contribution in [-0.4, -0.2) is 30.5 Å². The average molecular weight is 147 g/mol. The largest absolute Gasteiger partial charge is 0.395 e. The van der Waals surface area contributed by atoms with Crippen LogP contribution in [-0.2, 0) is 0 Å². The highest BCUT2D eigenvalue weighted by atomic mass is 19.1. The summed E-state index contributed by atoms with van der Waals surface area (Å²) in [7, 11) is 0. The van der Waals surface area contributed by atoms with Gasteiger partial charge in [-0.25, -0.2) is 4.39 Å². The fourth-order valence-electron chi connectivity index (χ4n) is 1.23. The number of rotatable bonds is 1. The van der Waals surface area contributed by atoms with E-state index in [9.17, 15) is 4.39 Å². The third kappa shape index (κ3) is 2.23. The molecule has 2 atom stereocenters. The topological polar surface area (TPSA) is 32.3 Å². The van der Waals surface area contributed by atoms with Crippen molar-refractivity contribution in [2.24, 2.45) is 0 Å². The molecule has 1 rings (SSSR count). The second-order valence-electron chi connectivity index (χ2n) is 2.80. The maximum absolute atomic E-state index is 12.6. The second-order valence-corrected chi connectivity index (χ2v) is 2.80. The van der Waals surface area contributed by atoms with Crippen LogP contribution in [0.25, 0.3) is 0 Å². The molecule has 1 saturated heterocycles. The average Bonchev–Trinajstić information content (AvgIpc) is 2.14. The van der Waals surface area contributed by atoms with E-state index in [-0.39, 0.29) is 12.6 Å². The summed E-state index contributed by atoms with van der Waals surface area (Å²) in [5, 5.41) is 11.8. The number of aliphatic hydroxyl groups excluding tert-OH is 1. The van der Waals surface area contributed by atoms with Crippen LogP contribution in [0.15, 0.2) is 0 Å². The Hall–Kier alpha value is -0.150. The second kappa shape index (κ2) is 3.88. The molecule has 0 aromatic heterocycles. The summed E-state index contributed by atoms with van der Waals surface area (Å²) in [4.78, 5) is 0. The number of alkyl halides is 1. The molecule has 1 aliphatic heterocycles. The highest BCUT2D eigenvalue weighted by Gasteiger charge is 2.16. The quantitative estimate of drug-likeness (QED) is 0.564. The van der Waals surface area contributed by atoms with Crippen LogP contribution in [0.2, 0.25) is 0 Å². The highest BCUT2D eigenvalue weighted by molar-refractivity contribution is 4.73. The van der Waals surface area contributed by atoms with E-state index in [1.54, 1.807) is 0 Å². The molecule has 0 aromatic carbocycles. The normalized spacial score (nSPS) is 35.4. The molecule has 3 heteroatoms. The molecule has 10 heavy (non-hydrogen) atoms. The summed E-state index contributed by atoms with van der Waals surface area (Å²) in [6.07, 6.45) is 1.29. The molecule has 0 aliphatic carbocycles. The summed E-state index contributed by atoms with van der Waals surface area (Å²) in [5.41, 5.74) is 0. The van der Waals surface area contributed by atoms with Gasteiger partial charge in [-0.05, 0) is 25.8 Å². The van der Waals surface area contributed by atoms with Gasteiger partial charge in [0.15, 0.2) is 0 Å². The van der Waals surface area contributed by atoms with Gasteiger partial charge in [0.25, 0.3) is 0 Å². The fourth-order valence-corrected chi connectivity index (χ4v) is 1.23. The number of nitrogens with one attached hydrogen (secondary N) is 1. The van der Waals surface area contributed by atoms with Gasteiger partial charge < -0.3 is 10.4 Å². The number of aliphatic hydroxyl groups is 1. The van der Waals surface area contributed by atoms with Crippen LogP contribution < -0.4 is 5.32 Å². The number of hydrogen-bond acceptors (Lipinski definition) is 2. The molecule has 0 bridgehead atoms. The lowest BCUT2D eigenvalue weighted by Crippen LogP contribution is -2.31. The van der Waals surface area contributed by atoms with E-state index in [4.69, 9.17) is 5.11 Å². The predicted octanol–water partition coefficient (Wildman–Crippen LogP) is 0.459. The minimum absolute atomic E-state index is 0.126. The van der Waals surface area contributed by atoms with Crippen molar-refractivity contribution in [2.75, 3.05) is 13.2 Å². The molecule has 60 valence electrons. The third-order valence-corrected chi connectivity index (χ3v) is 1.94. The number of hydrogen-bond donors (Lipinski definition) is 2. The summed E-state index contributed by atoms with van der Waals surface area (Å²) in [6.45, 7) is 0.832. The van der Waals surface area contributed by atoms with E-state index >= 15 is 0 Å². The van der Waals surface area contributed by atoms with Crippen molar-refractivity contribution in [2.45, 2.75) is 31.5 Å². The van der Waals surface area contributed by atoms with E-state index < -0.39 is 6.17 Å². The van der Waals surface area contributed by atoms with E-state index in [0.717, 1.165) is 6.42 Å². The zero-order valence-electron chi connectivity index (χ0n) is 6.02. The van der Waals surface area contributed by atoms with E-state index in [1.807, 2.05) is 0 Å². The molecule has 0 aromatic rings. The van der Waals surface area contributed by atoms with E-state index in [0.29, 0.717) is 19.4 Å². The van der Waals surface area contributed by atoms with Gasteiger partial charge in [0.1, 0.15) is 6.17 Å². The first kappa shape index (κ1) is 7.95. The summed E-state index contributed by atoms with van der Waals surface area (Å²) in [5.74, 6) is 0. The minimum atomic E-state index is -0.663. The molecular weight excluding hydrogens is 133 g/mol. The molecular formula is C7H14FNO. The molecule has 0 amide bonds. The van der Waals surface area contributed by atoms with Crippen molar-refractivity contribution in [1.29, 1.82) is 0 Å². The van der Waals surface area contributed by atoms with Crippen LogP contribution in [0, 0.1) is 0 Å². The molecule has 1 fully saturated rings. The van der Waals surface area contributed by atoms with Gasteiger partial charge in [-0.15, -0.1) is 0 Å². The van der Waals surface area contributed by atoms with Crippen LogP contribution in [0.1, 0.15) is 19.3 Å². The molecule has 1 aliphatic rings. The molecule has 2 unspecified atom stereocenters. The SMILES string of the molecule is OCC1CCC(F)CCN1. The summed E-state index contributed by atoms with van der Waals surface area (Å²) in [6, 6.07) is 0.126. The Balaban J connectivity index is 2.26. The maximum atomic E-state index is 12.6. The Morgan fingerprint density at radius 2 is 2.20 bits per heavy atom. The van der Waals surface area contributed by atoms with Crippen LogP contribution in [0.5, 0.6) is 0 Å². The van der Waals surface area contributed by atoms with Crippen LogP contribution >= 0.6 is 0 Å². The van der Waals surface area contributed by atoms with Gasteiger partial charge in [0, 0.05) is 6.04 Å². The molecule has 1 heterocycles. The summed E-state index contributed by atoms with van der Waals surface area (Å²) >= 11 is 0. The predicted molar refractivity (Wildman–Crippen MR) is 37.6 cm³/mol.